The summed E-state index contributed by atoms with van der Waals surface area (Å²) in [6.07, 6.45) is -0.687. The normalized spacial score (nSPS) is 23.6. The third-order valence-electron chi connectivity index (χ3n) is 3.65. The number of likely N-dealkylation sites (tertiary alicyclic amines) is 1. The van der Waals surface area contributed by atoms with Crippen LogP contribution < -0.4 is 0 Å². The minimum Gasteiger partial charge on any atom is -0.480 e. The molecule has 2 heterocycles. The van der Waals surface area contributed by atoms with Crippen LogP contribution in [0.5, 0.6) is 0 Å². The average molecular weight is 298 g/mol. The number of carbonyl (C=O) groups is 2. The predicted octanol–water partition coefficient (Wildman–Crippen LogP) is 1.38. The molecule has 1 saturated heterocycles. The zero-order valence-electron chi connectivity index (χ0n) is 11.4. The molecule has 0 radical (unpaired) electrons. The number of carboxylic acids is 1. The van der Waals surface area contributed by atoms with Crippen LogP contribution in [0.2, 0.25) is 0 Å². The summed E-state index contributed by atoms with van der Waals surface area (Å²) < 4.78 is 0. The summed E-state index contributed by atoms with van der Waals surface area (Å²) in [4.78, 5) is 27.4. The Balaban J connectivity index is 2.12. The Hall–Kier alpha value is -1.60. The van der Waals surface area contributed by atoms with E-state index in [1.54, 1.807) is 18.4 Å². The summed E-state index contributed by atoms with van der Waals surface area (Å²) in [6.45, 7) is 1.96. The van der Waals surface area contributed by atoms with Crippen LogP contribution in [0, 0.1) is 0 Å². The van der Waals surface area contributed by atoms with Crippen molar-refractivity contribution in [3.8, 4) is 0 Å². The Morgan fingerprint density at radius 1 is 1.55 bits per heavy atom. The molecule has 1 unspecified atom stereocenters. The fraction of sp³-hybridized carbons (Fsp3) is 0.538. The maximum Gasteiger partial charge on any atom is 0.326 e. The Kier molecular flexibility index (Phi) is 4.29. The van der Waals surface area contributed by atoms with E-state index in [9.17, 15) is 14.7 Å². The minimum absolute atomic E-state index is 0.0668. The van der Waals surface area contributed by atoms with Crippen LogP contribution in [-0.2, 0) is 4.79 Å². The molecule has 2 N–H and O–H groups in total. The van der Waals surface area contributed by atoms with Gasteiger partial charge in [0.25, 0.3) is 0 Å². The second-order valence-electron chi connectivity index (χ2n) is 4.98. The first kappa shape index (κ1) is 14.8. The Morgan fingerprint density at radius 2 is 2.25 bits per heavy atom. The van der Waals surface area contributed by atoms with Crippen LogP contribution in [0.25, 0.3) is 0 Å². The van der Waals surface area contributed by atoms with Gasteiger partial charge in [-0.25, -0.2) is 9.59 Å². The molecule has 0 spiro atoms. The second-order valence-corrected chi connectivity index (χ2v) is 5.96. The fourth-order valence-corrected chi connectivity index (χ4v) is 3.17. The number of urea groups is 1. The summed E-state index contributed by atoms with van der Waals surface area (Å²) in [5.41, 5.74) is 0. The first-order valence-electron chi connectivity index (χ1n) is 6.39. The van der Waals surface area contributed by atoms with Gasteiger partial charge < -0.3 is 20.0 Å². The van der Waals surface area contributed by atoms with Crippen LogP contribution in [0.4, 0.5) is 4.79 Å². The number of carbonyl (C=O) groups excluding carboxylic acids is 1. The number of hydrogen-bond acceptors (Lipinski definition) is 4. The molecule has 1 fully saturated rings. The Morgan fingerprint density at radius 3 is 2.80 bits per heavy atom. The fourth-order valence-electron chi connectivity index (χ4n) is 2.35. The number of rotatable bonds is 3. The number of hydrogen-bond donors (Lipinski definition) is 2. The van der Waals surface area contributed by atoms with Crippen molar-refractivity contribution in [2.45, 2.75) is 31.5 Å². The third-order valence-corrected chi connectivity index (χ3v) is 4.69. The quantitative estimate of drug-likeness (QED) is 0.883. The Labute approximate surface area is 121 Å². The summed E-state index contributed by atoms with van der Waals surface area (Å²) in [5.74, 6) is -1.08. The highest BCUT2D eigenvalue weighted by molar-refractivity contribution is 7.10. The van der Waals surface area contributed by atoms with Crippen molar-refractivity contribution in [1.29, 1.82) is 0 Å². The van der Waals surface area contributed by atoms with Crippen molar-refractivity contribution in [3.05, 3.63) is 22.4 Å². The van der Waals surface area contributed by atoms with Gasteiger partial charge in [-0.15, -0.1) is 11.3 Å². The summed E-state index contributed by atoms with van der Waals surface area (Å²) in [7, 11) is 1.65. The zero-order chi connectivity index (χ0) is 14.9. The molecule has 0 bridgehead atoms. The molecule has 3 atom stereocenters. The average Bonchev–Trinajstić information content (AvgIpc) is 3.04. The van der Waals surface area contributed by atoms with Crippen molar-refractivity contribution in [2.75, 3.05) is 13.6 Å². The number of nitrogens with zero attached hydrogens (tertiary/aromatic N) is 2. The topological polar surface area (TPSA) is 81.1 Å². The van der Waals surface area contributed by atoms with E-state index in [1.807, 2.05) is 24.4 Å². The van der Waals surface area contributed by atoms with Gasteiger partial charge in [-0.3, -0.25) is 0 Å². The van der Waals surface area contributed by atoms with Crippen LogP contribution in [-0.4, -0.2) is 57.8 Å². The first-order chi connectivity index (χ1) is 9.41. The molecule has 7 heteroatoms. The van der Waals surface area contributed by atoms with E-state index >= 15 is 0 Å². The van der Waals surface area contributed by atoms with Gasteiger partial charge in [0.2, 0.25) is 0 Å². The highest BCUT2D eigenvalue weighted by Crippen LogP contribution is 2.27. The number of aliphatic hydroxyl groups excluding tert-OH is 1. The molecule has 1 aromatic rings. The van der Waals surface area contributed by atoms with E-state index < -0.39 is 18.1 Å². The summed E-state index contributed by atoms with van der Waals surface area (Å²) in [5, 5.41) is 20.7. The summed E-state index contributed by atoms with van der Waals surface area (Å²) >= 11 is 1.55. The lowest BCUT2D eigenvalue weighted by molar-refractivity contribution is -0.141. The summed E-state index contributed by atoms with van der Waals surface area (Å²) in [6, 6.07) is 2.40. The standard InChI is InChI=1S/C13H18N2O4S/c1-8(11-4-3-5-20-11)14(2)13(19)15-7-9(16)6-10(15)12(17)18/h3-5,8-10,16H,6-7H2,1-2H3,(H,17,18)/t8?,9-,10-/m0/s1. The van der Waals surface area contributed by atoms with Crippen molar-refractivity contribution < 1.29 is 19.8 Å². The maximum absolute atomic E-state index is 12.4. The minimum atomic E-state index is -1.08. The predicted molar refractivity (Wildman–Crippen MR) is 74.6 cm³/mol. The molecule has 0 saturated carbocycles. The lowest BCUT2D eigenvalue weighted by Crippen LogP contribution is -2.47. The van der Waals surface area contributed by atoms with Crippen LogP contribution in [0.15, 0.2) is 17.5 Å². The number of β-amino-alcohol motifs (C(OH)–C–C–N with tert-alkyl or cyclic N) is 1. The van der Waals surface area contributed by atoms with Gasteiger partial charge in [-0.05, 0) is 18.4 Å². The monoisotopic (exact) mass is 298 g/mol. The SMILES string of the molecule is CC(c1cccs1)N(C)C(=O)N1C[C@@H](O)C[C@H]1C(=O)O. The van der Waals surface area contributed by atoms with Crippen LogP contribution in [0.1, 0.15) is 24.3 Å². The molecule has 1 aliphatic rings. The molecular formula is C13H18N2O4S. The lowest BCUT2D eigenvalue weighted by Gasteiger charge is -2.31. The van der Waals surface area contributed by atoms with Gasteiger partial charge in [0.05, 0.1) is 12.1 Å². The third kappa shape index (κ3) is 2.78. The van der Waals surface area contributed by atoms with E-state index in [0.717, 1.165) is 4.88 Å². The van der Waals surface area contributed by atoms with E-state index in [-0.39, 0.29) is 25.0 Å². The Bertz CT molecular complexity index is 491. The molecule has 20 heavy (non-hydrogen) atoms. The number of carboxylic acid groups (broad SMARTS) is 1. The van der Waals surface area contributed by atoms with Gasteiger partial charge in [-0.1, -0.05) is 6.07 Å². The number of aliphatic carboxylic acids is 1. The maximum atomic E-state index is 12.4. The van der Waals surface area contributed by atoms with Crippen LogP contribution in [0.3, 0.4) is 0 Å². The van der Waals surface area contributed by atoms with E-state index in [4.69, 9.17) is 5.11 Å². The lowest BCUT2D eigenvalue weighted by atomic mass is 10.2. The molecule has 110 valence electrons. The highest BCUT2D eigenvalue weighted by Gasteiger charge is 2.40. The van der Waals surface area contributed by atoms with Crippen molar-refractivity contribution >= 4 is 23.3 Å². The number of aliphatic hydroxyl groups is 1. The van der Waals surface area contributed by atoms with Crippen molar-refractivity contribution in [1.82, 2.24) is 9.80 Å². The first-order valence-corrected chi connectivity index (χ1v) is 7.27. The van der Waals surface area contributed by atoms with Crippen molar-refractivity contribution in [3.63, 3.8) is 0 Å². The molecule has 2 amide bonds. The molecular weight excluding hydrogens is 280 g/mol. The van der Waals surface area contributed by atoms with Gasteiger partial charge >= 0.3 is 12.0 Å². The van der Waals surface area contributed by atoms with Gasteiger partial charge in [0.15, 0.2) is 0 Å². The largest absolute Gasteiger partial charge is 0.480 e. The molecule has 0 aromatic carbocycles. The van der Waals surface area contributed by atoms with E-state index in [1.165, 1.54) is 9.80 Å². The molecule has 2 rings (SSSR count). The van der Waals surface area contributed by atoms with Crippen LogP contribution >= 0.6 is 11.3 Å². The van der Waals surface area contributed by atoms with Crippen molar-refractivity contribution in [2.24, 2.45) is 0 Å². The zero-order valence-corrected chi connectivity index (χ0v) is 12.2. The molecule has 6 nitrogen and oxygen atoms in total. The molecule has 1 aliphatic heterocycles. The second kappa shape index (κ2) is 5.80. The van der Waals surface area contributed by atoms with E-state index in [0.29, 0.717) is 0 Å². The molecule has 0 aliphatic carbocycles. The number of amides is 2. The molecule has 1 aromatic heterocycles. The smallest absolute Gasteiger partial charge is 0.326 e. The highest BCUT2D eigenvalue weighted by atomic mass is 32.1. The van der Waals surface area contributed by atoms with Gasteiger partial charge in [0.1, 0.15) is 6.04 Å². The van der Waals surface area contributed by atoms with E-state index in [2.05, 4.69) is 0 Å². The van der Waals surface area contributed by atoms with Gasteiger partial charge in [0, 0.05) is 24.9 Å². The number of thiophene rings is 1. The van der Waals surface area contributed by atoms with Gasteiger partial charge in [-0.2, -0.15) is 0 Å².